The molecule has 0 aromatic rings. The summed E-state index contributed by atoms with van der Waals surface area (Å²) >= 11 is 0. The highest BCUT2D eigenvalue weighted by molar-refractivity contribution is 6.01. The van der Waals surface area contributed by atoms with E-state index in [0.29, 0.717) is 25.0 Å². The maximum atomic E-state index is 12.5. The summed E-state index contributed by atoms with van der Waals surface area (Å²) in [6, 6.07) is 0. The predicted octanol–water partition coefficient (Wildman–Crippen LogP) is 2.41. The Morgan fingerprint density at radius 3 is 1.95 bits per heavy atom. The summed E-state index contributed by atoms with van der Waals surface area (Å²) < 4.78 is 10.4. The quantitative estimate of drug-likeness (QED) is 0.580. The van der Waals surface area contributed by atoms with Crippen molar-refractivity contribution in [2.24, 2.45) is 29.1 Å². The van der Waals surface area contributed by atoms with Gasteiger partial charge in [-0.05, 0) is 50.4 Å². The van der Waals surface area contributed by atoms with Crippen molar-refractivity contribution in [1.82, 2.24) is 0 Å². The van der Waals surface area contributed by atoms with Gasteiger partial charge in [0.25, 0.3) is 0 Å². The SMILES string of the molecule is CCOC(=O)C1(C(=O)OCC)C2CC(C)C(C2)C1C. The van der Waals surface area contributed by atoms with Crippen molar-refractivity contribution in [2.75, 3.05) is 13.2 Å². The van der Waals surface area contributed by atoms with Gasteiger partial charge in [-0.3, -0.25) is 9.59 Å². The van der Waals surface area contributed by atoms with Crippen molar-refractivity contribution in [3.8, 4) is 0 Å². The summed E-state index contributed by atoms with van der Waals surface area (Å²) in [6.45, 7) is 8.38. The molecule has 0 N–H and O–H groups in total. The average Bonchev–Trinajstić information content (AvgIpc) is 2.85. The minimum atomic E-state index is -1.05. The molecule has 108 valence electrons. The van der Waals surface area contributed by atoms with Crippen LogP contribution in [0.4, 0.5) is 0 Å². The Morgan fingerprint density at radius 1 is 1.05 bits per heavy atom. The van der Waals surface area contributed by atoms with Crippen LogP contribution in [-0.2, 0) is 19.1 Å². The van der Waals surface area contributed by atoms with Gasteiger partial charge in [0.15, 0.2) is 5.41 Å². The van der Waals surface area contributed by atoms with Gasteiger partial charge in [0, 0.05) is 0 Å². The fourth-order valence-electron chi connectivity index (χ4n) is 4.35. The minimum Gasteiger partial charge on any atom is -0.465 e. The van der Waals surface area contributed by atoms with E-state index in [1.165, 1.54) is 0 Å². The Kier molecular flexibility index (Phi) is 3.88. The Hall–Kier alpha value is -1.06. The average molecular weight is 268 g/mol. The summed E-state index contributed by atoms with van der Waals surface area (Å²) in [5, 5.41) is 0. The molecule has 19 heavy (non-hydrogen) atoms. The van der Waals surface area contributed by atoms with Crippen LogP contribution in [0.1, 0.15) is 40.5 Å². The zero-order chi connectivity index (χ0) is 14.2. The smallest absolute Gasteiger partial charge is 0.324 e. The molecule has 0 amide bonds. The van der Waals surface area contributed by atoms with E-state index in [9.17, 15) is 9.59 Å². The molecule has 0 spiro atoms. The molecular formula is C15H24O4. The molecule has 0 radical (unpaired) electrons. The van der Waals surface area contributed by atoms with E-state index in [4.69, 9.17) is 9.47 Å². The lowest BCUT2D eigenvalue weighted by Crippen LogP contribution is -2.51. The third-order valence-electron chi connectivity index (χ3n) is 5.17. The Balaban J connectivity index is 2.36. The van der Waals surface area contributed by atoms with Crippen LogP contribution in [0, 0.1) is 29.1 Å². The maximum absolute atomic E-state index is 12.5. The monoisotopic (exact) mass is 268 g/mol. The standard InChI is InChI=1S/C15H24O4/c1-5-18-13(16)15(14(17)19-6-2)10(4)12-8-11(15)7-9(12)3/h9-12H,5-8H2,1-4H3. The van der Waals surface area contributed by atoms with Crippen molar-refractivity contribution in [2.45, 2.75) is 40.5 Å². The number of fused-ring (bicyclic) bond motifs is 2. The second kappa shape index (κ2) is 5.14. The van der Waals surface area contributed by atoms with Crippen LogP contribution in [0.2, 0.25) is 0 Å². The van der Waals surface area contributed by atoms with Gasteiger partial charge < -0.3 is 9.47 Å². The Labute approximate surface area is 114 Å². The summed E-state index contributed by atoms with van der Waals surface area (Å²) in [5.41, 5.74) is -1.05. The van der Waals surface area contributed by atoms with Crippen molar-refractivity contribution in [3.05, 3.63) is 0 Å². The zero-order valence-corrected chi connectivity index (χ0v) is 12.3. The molecule has 2 aliphatic rings. The van der Waals surface area contributed by atoms with Gasteiger partial charge in [0.05, 0.1) is 13.2 Å². The summed E-state index contributed by atoms with van der Waals surface area (Å²) in [7, 11) is 0. The predicted molar refractivity (Wildman–Crippen MR) is 70.2 cm³/mol. The molecule has 2 saturated carbocycles. The van der Waals surface area contributed by atoms with Gasteiger partial charge in [-0.15, -0.1) is 0 Å². The van der Waals surface area contributed by atoms with E-state index in [1.807, 2.05) is 6.92 Å². The number of hydrogen-bond donors (Lipinski definition) is 0. The number of carbonyl (C=O) groups is 2. The Morgan fingerprint density at radius 2 is 1.58 bits per heavy atom. The van der Waals surface area contributed by atoms with Crippen LogP contribution >= 0.6 is 0 Å². The fraction of sp³-hybridized carbons (Fsp3) is 0.867. The highest BCUT2D eigenvalue weighted by Crippen LogP contribution is 2.62. The van der Waals surface area contributed by atoms with Gasteiger partial charge in [-0.1, -0.05) is 13.8 Å². The van der Waals surface area contributed by atoms with Crippen LogP contribution in [0.15, 0.2) is 0 Å². The first-order valence-corrected chi connectivity index (χ1v) is 7.34. The number of esters is 2. The summed E-state index contributed by atoms with van der Waals surface area (Å²) in [6.07, 6.45) is 1.87. The van der Waals surface area contributed by atoms with Crippen molar-refractivity contribution in [3.63, 3.8) is 0 Å². The molecule has 0 aromatic carbocycles. The van der Waals surface area contributed by atoms with Crippen LogP contribution in [0.5, 0.6) is 0 Å². The lowest BCUT2D eigenvalue weighted by atomic mass is 9.64. The molecule has 2 aliphatic carbocycles. The van der Waals surface area contributed by atoms with E-state index < -0.39 is 5.41 Å². The van der Waals surface area contributed by atoms with Crippen molar-refractivity contribution < 1.29 is 19.1 Å². The fourth-order valence-corrected chi connectivity index (χ4v) is 4.35. The maximum Gasteiger partial charge on any atom is 0.324 e. The number of ether oxygens (including phenoxy) is 2. The lowest BCUT2D eigenvalue weighted by molar-refractivity contribution is -0.181. The highest BCUT2D eigenvalue weighted by atomic mass is 16.6. The molecule has 4 unspecified atom stereocenters. The Bertz CT molecular complexity index is 354. The topological polar surface area (TPSA) is 52.6 Å². The van der Waals surface area contributed by atoms with Crippen molar-refractivity contribution in [1.29, 1.82) is 0 Å². The molecule has 0 aromatic heterocycles. The number of hydrogen-bond acceptors (Lipinski definition) is 4. The van der Waals surface area contributed by atoms with Crippen LogP contribution in [0.25, 0.3) is 0 Å². The second-order valence-electron chi connectivity index (χ2n) is 5.91. The summed E-state index contributed by atoms with van der Waals surface area (Å²) in [5.74, 6) is 0.358. The van der Waals surface area contributed by atoms with E-state index >= 15 is 0 Å². The van der Waals surface area contributed by atoms with E-state index in [-0.39, 0.29) is 23.8 Å². The van der Waals surface area contributed by atoms with E-state index in [2.05, 4.69) is 6.92 Å². The molecule has 4 atom stereocenters. The number of carbonyl (C=O) groups excluding carboxylic acids is 2. The second-order valence-corrected chi connectivity index (χ2v) is 5.91. The first-order chi connectivity index (χ1) is 8.99. The molecule has 2 fully saturated rings. The van der Waals surface area contributed by atoms with Gasteiger partial charge in [-0.2, -0.15) is 0 Å². The molecule has 4 heteroatoms. The molecule has 4 nitrogen and oxygen atoms in total. The molecule has 0 saturated heterocycles. The third kappa shape index (κ3) is 1.87. The first-order valence-electron chi connectivity index (χ1n) is 7.34. The highest BCUT2D eigenvalue weighted by Gasteiger charge is 2.68. The first kappa shape index (κ1) is 14.4. The molecule has 2 bridgehead atoms. The number of rotatable bonds is 4. The van der Waals surface area contributed by atoms with E-state index in [0.717, 1.165) is 12.8 Å². The van der Waals surface area contributed by atoms with Gasteiger partial charge in [0.2, 0.25) is 0 Å². The van der Waals surface area contributed by atoms with Crippen LogP contribution < -0.4 is 0 Å². The normalized spacial score (nSPS) is 35.2. The molecule has 0 heterocycles. The van der Waals surface area contributed by atoms with Crippen LogP contribution in [-0.4, -0.2) is 25.2 Å². The largest absolute Gasteiger partial charge is 0.465 e. The zero-order valence-electron chi connectivity index (χ0n) is 12.3. The molecule has 0 aliphatic heterocycles. The van der Waals surface area contributed by atoms with E-state index in [1.54, 1.807) is 13.8 Å². The van der Waals surface area contributed by atoms with Gasteiger partial charge in [-0.25, -0.2) is 0 Å². The molecule has 2 rings (SSSR count). The van der Waals surface area contributed by atoms with Gasteiger partial charge in [0.1, 0.15) is 0 Å². The summed E-state index contributed by atoms with van der Waals surface area (Å²) in [4.78, 5) is 24.9. The van der Waals surface area contributed by atoms with Gasteiger partial charge >= 0.3 is 11.9 Å². The van der Waals surface area contributed by atoms with Crippen molar-refractivity contribution >= 4 is 11.9 Å². The third-order valence-corrected chi connectivity index (χ3v) is 5.17. The van der Waals surface area contributed by atoms with Crippen LogP contribution in [0.3, 0.4) is 0 Å². The lowest BCUT2D eigenvalue weighted by Gasteiger charge is -2.39. The molecular weight excluding hydrogens is 244 g/mol. The minimum absolute atomic E-state index is 0.0133.